The van der Waals surface area contributed by atoms with Crippen molar-refractivity contribution in [2.45, 2.75) is 24.2 Å². The number of aromatic amines is 1. The summed E-state index contributed by atoms with van der Waals surface area (Å²) in [6, 6.07) is 4.04. The molecule has 0 aliphatic heterocycles. The molecular weight excluding hydrogens is 455 g/mol. The van der Waals surface area contributed by atoms with E-state index >= 15 is 0 Å². The molecule has 1 aromatic carbocycles. The number of H-pyrrole nitrogens is 1. The number of benzene rings is 1. The van der Waals surface area contributed by atoms with E-state index in [4.69, 9.17) is 33.6 Å². The van der Waals surface area contributed by atoms with Crippen molar-refractivity contribution in [1.82, 2.24) is 4.98 Å². The number of nitrogens with two attached hydrogens (primary N) is 3. The normalized spacial score (nSPS) is 12.1. The van der Waals surface area contributed by atoms with Crippen molar-refractivity contribution in [1.29, 1.82) is 0 Å². The summed E-state index contributed by atoms with van der Waals surface area (Å²) in [7, 11) is -4.42. The van der Waals surface area contributed by atoms with Crippen LogP contribution in [0.1, 0.15) is 23.6 Å². The summed E-state index contributed by atoms with van der Waals surface area (Å²) in [6.45, 7) is 1.38. The maximum Gasteiger partial charge on any atom is 0.272 e. The zero-order valence-electron chi connectivity index (χ0n) is 16.2. The third-order valence-electron chi connectivity index (χ3n) is 4.00. The zero-order valence-corrected chi connectivity index (χ0v) is 17.8. The Hall–Kier alpha value is -3.32. The second-order valence-corrected chi connectivity index (χ2v) is 8.44. The highest BCUT2D eigenvalue weighted by Gasteiger charge is 2.27. The molecule has 0 fully saturated rings. The Morgan fingerprint density at radius 2 is 2.00 bits per heavy atom. The smallest absolute Gasteiger partial charge is 0.272 e. The lowest BCUT2D eigenvalue weighted by Crippen LogP contribution is -2.29. The molecule has 0 radical (unpaired) electrons. The number of aryl methyl sites for hydroxylation is 1. The van der Waals surface area contributed by atoms with E-state index in [2.05, 4.69) is 14.9 Å². The number of hydrogen-bond donors (Lipinski definition) is 5. The molecule has 0 saturated heterocycles. The summed E-state index contributed by atoms with van der Waals surface area (Å²) >= 11 is 5.84. The number of hydrogen-bond acceptors (Lipinski definition) is 6. The maximum absolute atomic E-state index is 13.3. The van der Waals surface area contributed by atoms with Crippen molar-refractivity contribution in [2.75, 3.05) is 11.3 Å². The molecule has 0 aliphatic rings. The summed E-state index contributed by atoms with van der Waals surface area (Å²) < 4.78 is 41.0. The Balaban J connectivity index is 2.49. The number of halogens is 2. The monoisotopic (exact) mass is 474 g/mol. The van der Waals surface area contributed by atoms with E-state index < -0.39 is 48.8 Å². The van der Waals surface area contributed by atoms with E-state index in [1.165, 1.54) is 13.0 Å². The molecule has 1 aromatic heterocycles. The highest BCUT2D eigenvalue weighted by atomic mass is 35.5. The summed E-state index contributed by atoms with van der Waals surface area (Å²) in [6.07, 6.45) is -0.0684. The van der Waals surface area contributed by atoms with Gasteiger partial charge in [-0.15, -0.1) is 0 Å². The maximum atomic E-state index is 13.3. The first kappa shape index (κ1) is 24.0. The van der Waals surface area contributed by atoms with Gasteiger partial charge in [-0.1, -0.05) is 11.6 Å². The van der Waals surface area contributed by atoms with Gasteiger partial charge in [0.25, 0.3) is 15.6 Å². The second-order valence-electron chi connectivity index (χ2n) is 6.39. The number of anilines is 1. The summed E-state index contributed by atoms with van der Waals surface area (Å²) in [5.41, 5.74) is 14.8. The van der Waals surface area contributed by atoms with Gasteiger partial charge in [0.1, 0.15) is 23.0 Å². The predicted molar refractivity (Wildman–Crippen MR) is 112 cm³/mol. The van der Waals surface area contributed by atoms with Gasteiger partial charge in [0.15, 0.2) is 0 Å². The fraction of sp³-hybridized carbons (Fsp3) is 0.235. The molecule has 0 bridgehead atoms. The zero-order chi connectivity index (χ0) is 23.3. The second kappa shape index (κ2) is 9.66. The van der Waals surface area contributed by atoms with Crippen LogP contribution in [0.25, 0.3) is 0 Å². The molecule has 1 unspecified atom stereocenters. The van der Waals surface area contributed by atoms with Crippen LogP contribution in [0, 0.1) is 12.7 Å². The van der Waals surface area contributed by atoms with Crippen LogP contribution < -0.4 is 27.5 Å². The average molecular weight is 475 g/mol. The number of oxime groups is 1. The number of nitrogens with zero attached hydrogens (tertiary/aromatic N) is 1. The molecule has 1 amide bonds. The van der Waals surface area contributed by atoms with Crippen molar-refractivity contribution < 1.29 is 22.4 Å². The fourth-order valence-electron chi connectivity index (χ4n) is 2.72. The number of primary amides is 1. The lowest BCUT2D eigenvalue weighted by atomic mass is 9.94. The Labute approximate surface area is 181 Å². The van der Waals surface area contributed by atoms with Crippen LogP contribution in [0.5, 0.6) is 0 Å². The van der Waals surface area contributed by atoms with Crippen molar-refractivity contribution in [3.8, 4) is 0 Å². The van der Waals surface area contributed by atoms with Crippen LogP contribution in [-0.4, -0.2) is 31.9 Å². The van der Waals surface area contributed by atoms with E-state index in [1.54, 1.807) is 0 Å². The van der Waals surface area contributed by atoms with Crippen LogP contribution in [0.3, 0.4) is 0 Å². The molecule has 2 rings (SSSR count). The summed E-state index contributed by atoms with van der Waals surface area (Å²) in [5.74, 6) is -3.06. The molecule has 0 aliphatic carbocycles. The van der Waals surface area contributed by atoms with Gasteiger partial charge in [0.2, 0.25) is 11.9 Å². The van der Waals surface area contributed by atoms with Gasteiger partial charge < -0.3 is 27.0 Å². The fourth-order valence-corrected chi connectivity index (χ4v) is 4.34. The third-order valence-corrected chi connectivity index (χ3v) is 5.84. The molecule has 31 heavy (non-hydrogen) atoms. The number of guanidine groups is 1. The van der Waals surface area contributed by atoms with Crippen molar-refractivity contribution in [2.24, 2.45) is 22.4 Å². The van der Waals surface area contributed by atoms with Crippen LogP contribution in [0.15, 0.2) is 39.1 Å². The molecule has 14 heteroatoms. The highest BCUT2D eigenvalue weighted by molar-refractivity contribution is 7.92. The van der Waals surface area contributed by atoms with E-state index in [0.717, 1.165) is 18.2 Å². The van der Waals surface area contributed by atoms with E-state index in [-0.39, 0.29) is 24.6 Å². The lowest BCUT2D eigenvalue weighted by Gasteiger charge is -2.19. The number of pyridine rings is 1. The van der Waals surface area contributed by atoms with Crippen molar-refractivity contribution in [3.63, 3.8) is 0 Å². The molecule has 2 aromatic rings. The molecule has 8 N–H and O–H groups in total. The number of aromatic nitrogens is 1. The highest BCUT2D eigenvalue weighted by Crippen LogP contribution is 2.29. The van der Waals surface area contributed by atoms with Gasteiger partial charge in [-0.25, -0.2) is 12.8 Å². The number of amides is 1. The third kappa shape index (κ3) is 6.08. The van der Waals surface area contributed by atoms with Gasteiger partial charge in [-0.2, -0.15) is 0 Å². The Morgan fingerprint density at radius 1 is 1.32 bits per heavy atom. The predicted octanol–water partition coefficient (Wildman–Crippen LogP) is 0.441. The molecule has 1 atom stereocenters. The van der Waals surface area contributed by atoms with Crippen LogP contribution in [0.2, 0.25) is 5.02 Å². The van der Waals surface area contributed by atoms with E-state index in [9.17, 15) is 22.4 Å². The van der Waals surface area contributed by atoms with E-state index in [0.29, 0.717) is 5.69 Å². The number of carbonyl (C=O) groups is 1. The minimum absolute atomic E-state index is 0.00357. The minimum Gasteiger partial charge on any atom is -0.393 e. The van der Waals surface area contributed by atoms with Gasteiger partial charge in [-0.05, 0) is 48.3 Å². The summed E-state index contributed by atoms with van der Waals surface area (Å²) in [4.78, 5) is 31.4. The molecule has 0 spiro atoms. The first-order chi connectivity index (χ1) is 14.4. The number of nitrogens with one attached hydrogen (secondary N) is 2. The summed E-state index contributed by atoms with van der Waals surface area (Å²) in [5, 5.41) is 2.92. The first-order valence-electron chi connectivity index (χ1n) is 8.64. The SMILES string of the molecule is Cc1cc(C(CCON=C(N)N)C(N)=O)c(NS(=O)(=O)c2ccc(F)cc2Cl)c(=O)[nH]1. The lowest BCUT2D eigenvalue weighted by molar-refractivity contribution is -0.119. The minimum atomic E-state index is -4.42. The number of rotatable bonds is 9. The largest absolute Gasteiger partial charge is 0.393 e. The first-order valence-corrected chi connectivity index (χ1v) is 10.5. The van der Waals surface area contributed by atoms with E-state index in [1.807, 2.05) is 0 Å². The molecule has 1 heterocycles. The number of sulfonamides is 1. The topological polar surface area (TPSA) is 196 Å². The molecule has 168 valence electrons. The average Bonchev–Trinajstić information content (AvgIpc) is 2.63. The molecular formula is C17H20ClFN6O5S. The van der Waals surface area contributed by atoms with Crippen LogP contribution in [-0.2, 0) is 19.7 Å². The Morgan fingerprint density at radius 3 is 2.58 bits per heavy atom. The van der Waals surface area contributed by atoms with Crippen LogP contribution >= 0.6 is 11.6 Å². The van der Waals surface area contributed by atoms with Crippen LogP contribution in [0.4, 0.5) is 10.1 Å². The Kier molecular flexibility index (Phi) is 7.46. The van der Waals surface area contributed by atoms with Gasteiger partial charge in [0, 0.05) is 5.69 Å². The molecule has 11 nitrogen and oxygen atoms in total. The van der Waals surface area contributed by atoms with Gasteiger partial charge in [-0.3, -0.25) is 14.3 Å². The van der Waals surface area contributed by atoms with Gasteiger partial charge in [0.05, 0.1) is 10.9 Å². The van der Waals surface area contributed by atoms with Gasteiger partial charge >= 0.3 is 0 Å². The van der Waals surface area contributed by atoms with Crippen molar-refractivity contribution in [3.05, 3.63) is 56.7 Å². The number of carbonyl (C=O) groups excluding carboxylic acids is 1. The molecule has 0 saturated carbocycles. The Bertz CT molecular complexity index is 1180. The van der Waals surface area contributed by atoms with Crippen molar-refractivity contribution >= 4 is 39.2 Å². The standard InChI is InChI=1S/C17H20ClFN6O5S/c1-8-6-11(10(15(20)26)4-5-30-24-17(21)22)14(16(27)23-8)25-31(28,29)13-3-2-9(19)7-12(13)18/h2-3,6-7,10,25H,4-5H2,1H3,(H2,20,26)(H,23,27)(H4,21,22,24). The quantitative estimate of drug-likeness (QED) is 0.150.